The van der Waals surface area contributed by atoms with Crippen molar-refractivity contribution in [1.82, 2.24) is 4.57 Å². The number of benzene rings is 2. The van der Waals surface area contributed by atoms with Gasteiger partial charge in [0.05, 0.1) is 26.7 Å². The minimum atomic E-state index is -0.849. The van der Waals surface area contributed by atoms with Crippen LogP contribution in [0.4, 0.5) is 0 Å². The number of rotatable bonds is 11. The van der Waals surface area contributed by atoms with Gasteiger partial charge in [0.25, 0.3) is 0 Å². The Morgan fingerprint density at radius 2 is 1.71 bits per heavy atom. The summed E-state index contributed by atoms with van der Waals surface area (Å²) in [6, 6.07) is 14.3. The topological polar surface area (TPSA) is 80.9 Å². The number of ether oxygens (including phenoxy) is 2. The molecule has 6 nitrogen and oxygen atoms in total. The highest BCUT2D eigenvalue weighted by atomic mass is 16.5. The second-order valence-corrected chi connectivity index (χ2v) is 9.53. The van der Waals surface area contributed by atoms with Gasteiger partial charge >= 0.3 is 5.97 Å². The van der Waals surface area contributed by atoms with Gasteiger partial charge in [0.1, 0.15) is 11.5 Å². The molecule has 2 atom stereocenters. The number of aliphatic carboxylic acids is 1. The van der Waals surface area contributed by atoms with E-state index in [0.29, 0.717) is 12.5 Å². The van der Waals surface area contributed by atoms with Crippen molar-refractivity contribution >= 4 is 5.97 Å². The van der Waals surface area contributed by atoms with Gasteiger partial charge in [-0.3, -0.25) is 4.79 Å². The summed E-state index contributed by atoms with van der Waals surface area (Å²) < 4.78 is 13.3. The van der Waals surface area contributed by atoms with Gasteiger partial charge in [-0.05, 0) is 72.1 Å². The molecule has 0 amide bonds. The quantitative estimate of drug-likeness (QED) is 0.413. The Morgan fingerprint density at radius 3 is 2.26 bits per heavy atom. The number of hydrogen-bond donors (Lipinski definition) is 2. The van der Waals surface area contributed by atoms with Gasteiger partial charge in [-0.1, -0.05) is 31.2 Å². The molecule has 1 aliphatic carbocycles. The third-order valence-electron chi connectivity index (χ3n) is 7.16. The van der Waals surface area contributed by atoms with Gasteiger partial charge in [-0.25, -0.2) is 0 Å². The Morgan fingerprint density at radius 1 is 1.09 bits per heavy atom. The molecule has 0 unspecified atom stereocenters. The van der Waals surface area contributed by atoms with Crippen LogP contribution in [0.25, 0.3) is 0 Å². The van der Waals surface area contributed by atoms with Crippen molar-refractivity contribution in [3.8, 4) is 11.5 Å². The molecule has 0 saturated carbocycles. The van der Waals surface area contributed by atoms with E-state index in [2.05, 4.69) is 31.2 Å². The molecule has 35 heavy (non-hydrogen) atoms. The predicted octanol–water partition coefficient (Wildman–Crippen LogP) is 4.85. The van der Waals surface area contributed by atoms with Crippen molar-refractivity contribution in [2.45, 2.75) is 51.7 Å². The first kappa shape index (κ1) is 24.9. The van der Waals surface area contributed by atoms with Crippen molar-refractivity contribution in [2.24, 2.45) is 11.8 Å². The fourth-order valence-electron chi connectivity index (χ4n) is 5.50. The largest absolute Gasteiger partial charge is 0.496 e. The van der Waals surface area contributed by atoms with E-state index >= 15 is 0 Å². The molecule has 0 bridgehead atoms. The Balaban J connectivity index is 1.61. The predicted molar refractivity (Wildman–Crippen MR) is 135 cm³/mol. The number of carboxylic acids is 1. The lowest BCUT2D eigenvalue weighted by Crippen LogP contribution is -2.22. The Kier molecular flexibility index (Phi) is 7.81. The molecule has 0 radical (unpaired) electrons. The summed E-state index contributed by atoms with van der Waals surface area (Å²) in [6.45, 7) is 2.64. The summed E-state index contributed by atoms with van der Waals surface area (Å²) >= 11 is 0. The highest BCUT2D eigenvalue weighted by molar-refractivity contribution is 5.70. The molecule has 0 fully saturated rings. The fraction of sp³-hybridized carbons (Fsp3) is 0.414. The lowest BCUT2D eigenvalue weighted by atomic mass is 9.85. The van der Waals surface area contributed by atoms with Crippen LogP contribution in [0.5, 0.6) is 11.5 Å². The summed E-state index contributed by atoms with van der Waals surface area (Å²) in [5.74, 6) is 0.967. The Hall–Kier alpha value is -3.25. The molecule has 186 valence electrons. The molecular weight excluding hydrogens is 442 g/mol. The molecule has 1 aliphatic rings. The van der Waals surface area contributed by atoms with Crippen LogP contribution in [0.2, 0.25) is 0 Å². The van der Waals surface area contributed by atoms with Crippen LogP contribution < -0.4 is 9.47 Å². The third-order valence-corrected chi connectivity index (χ3v) is 7.16. The van der Waals surface area contributed by atoms with E-state index in [1.807, 2.05) is 35.2 Å². The maximum Gasteiger partial charge on any atom is 0.307 e. The molecule has 2 N–H and O–H groups in total. The normalized spacial score (nSPS) is 15.0. The number of carbonyl (C=O) groups is 1. The van der Waals surface area contributed by atoms with Crippen molar-refractivity contribution in [3.05, 3.63) is 82.7 Å². The Labute approximate surface area is 207 Å². The number of nitrogens with zero attached hydrogens (tertiary/aromatic N) is 1. The zero-order valence-electron chi connectivity index (χ0n) is 20.7. The van der Waals surface area contributed by atoms with Crippen molar-refractivity contribution in [2.75, 3.05) is 14.2 Å². The van der Waals surface area contributed by atoms with Crippen molar-refractivity contribution < 1.29 is 24.5 Å². The number of hydrogen-bond acceptors (Lipinski definition) is 4. The molecule has 4 rings (SSSR count). The number of fused-ring (bicyclic) bond motifs is 1. The Bertz CT molecular complexity index is 1120. The minimum Gasteiger partial charge on any atom is -0.496 e. The molecule has 0 saturated heterocycles. The van der Waals surface area contributed by atoms with Crippen molar-refractivity contribution in [1.29, 1.82) is 0 Å². The summed E-state index contributed by atoms with van der Waals surface area (Å²) in [5.41, 5.74) is 5.30. The molecule has 0 spiro atoms. The molecule has 1 heterocycles. The van der Waals surface area contributed by atoms with Crippen LogP contribution in [-0.2, 0) is 37.0 Å². The zero-order chi connectivity index (χ0) is 24.9. The van der Waals surface area contributed by atoms with Gasteiger partial charge in [0.15, 0.2) is 0 Å². The lowest BCUT2D eigenvalue weighted by Gasteiger charge is -2.27. The summed E-state index contributed by atoms with van der Waals surface area (Å²) in [5, 5.41) is 20.8. The van der Waals surface area contributed by atoms with Gasteiger partial charge in [0.2, 0.25) is 0 Å². The minimum absolute atomic E-state index is 0.00890. The molecule has 0 aliphatic heterocycles. The van der Waals surface area contributed by atoms with Gasteiger partial charge in [-0.2, -0.15) is 0 Å². The SMILES string of the molecule is CCc1c(OC)cc([C@@H](O)[C@@H](CC2Cc3ccccc3C2)Cn2ccc(CC(=O)O)c2)cc1OC. The fourth-order valence-corrected chi connectivity index (χ4v) is 5.50. The van der Waals surface area contributed by atoms with Crippen LogP contribution >= 0.6 is 0 Å². The highest BCUT2D eigenvalue weighted by Gasteiger charge is 2.30. The molecular formula is C29H35NO5. The number of carboxylic acid groups (broad SMARTS) is 1. The second kappa shape index (κ2) is 11.0. The first-order valence-corrected chi connectivity index (χ1v) is 12.3. The maximum absolute atomic E-state index is 11.7. The van der Waals surface area contributed by atoms with Crippen LogP contribution in [0.3, 0.4) is 0 Å². The maximum atomic E-state index is 11.7. The van der Waals surface area contributed by atoms with Crippen molar-refractivity contribution in [3.63, 3.8) is 0 Å². The van der Waals surface area contributed by atoms with Crippen LogP contribution in [-0.4, -0.2) is 35.0 Å². The first-order valence-electron chi connectivity index (χ1n) is 12.3. The van der Waals surface area contributed by atoms with Gasteiger partial charge < -0.3 is 24.3 Å². The number of aliphatic hydroxyl groups excluding tert-OH is 1. The molecule has 3 aromatic rings. The highest BCUT2D eigenvalue weighted by Crippen LogP contribution is 2.39. The van der Waals surface area contributed by atoms with Gasteiger partial charge in [-0.15, -0.1) is 0 Å². The number of methoxy groups -OCH3 is 2. The van der Waals surface area contributed by atoms with Gasteiger partial charge in [0, 0.05) is 30.4 Å². The summed E-state index contributed by atoms with van der Waals surface area (Å²) in [6.07, 6.45) is 6.68. The average Bonchev–Trinajstić information content (AvgIpc) is 3.47. The zero-order valence-corrected chi connectivity index (χ0v) is 20.7. The number of aliphatic hydroxyl groups is 1. The monoisotopic (exact) mass is 477 g/mol. The summed E-state index contributed by atoms with van der Waals surface area (Å²) in [4.78, 5) is 11.1. The third kappa shape index (κ3) is 5.70. The second-order valence-electron chi connectivity index (χ2n) is 9.53. The number of aromatic nitrogens is 1. The van der Waals surface area contributed by atoms with Crippen LogP contribution in [0.1, 0.15) is 47.3 Å². The van der Waals surface area contributed by atoms with E-state index in [1.54, 1.807) is 14.2 Å². The smallest absolute Gasteiger partial charge is 0.307 e. The van der Waals surface area contributed by atoms with E-state index in [0.717, 1.165) is 53.9 Å². The molecule has 1 aromatic heterocycles. The standard InChI is InChI=1S/C29H35NO5/c1-4-25-26(34-2)15-23(16-27(25)35-3)29(33)24(18-30-10-9-19(17-30)14-28(31)32)13-20-11-21-7-5-6-8-22(21)12-20/h5-10,15-17,20,24,29,33H,4,11-14,18H2,1-3H3,(H,31,32)/t24-,29+/m0/s1. The molecule has 6 heteroatoms. The van der Waals surface area contributed by atoms with E-state index in [4.69, 9.17) is 14.6 Å². The van der Waals surface area contributed by atoms with E-state index in [-0.39, 0.29) is 12.3 Å². The molecule has 2 aromatic carbocycles. The van der Waals surface area contributed by atoms with Crippen LogP contribution in [0.15, 0.2) is 54.9 Å². The van der Waals surface area contributed by atoms with E-state index in [9.17, 15) is 9.90 Å². The summed E-state index contributed by atoms with van der Waals surface area (Å²) in [7, 11) is 3.28. The average molecular weight is 478 g/mol. The lowest BCUT2D eigenvalue weighted by molar-refractivity contribution is -0.136. The van der Waals surface area contributed by atoms with Crippen LogP contribution in [0, 0.1) is 11.8 Å². The first-order chi connectivity index (χ1) is 16.9. The van der Waals surface area contributed by atoms with E-state index < -0.39 is 12.1 Å². The van der Waals surface area contributed by atoms with E-state index in [1.165, 1.54) is 11.1 Å².